The van der Waals surface area contributed by atoms with Gasteiger partial charge in [-0.25, -0.2) is 0 Å². The molecule has 4 heteroatoms. The molecule has 0 spiro atoms. The average molecular weight is 337 g/mol. The van der Waals surface area contributed by atoms with E-state index in [0.717, 1.165) is 51.4 Å². The largest absolute Gasteiger partial charge is 1.00 e. The molecule has 0 aliphatic heterocycles. The molecule has 1 unspecified atom stereocenters. The molecule has 1 atom stereocenters. The summed E-state index contributed by atoms with van der Waals surface area (Å²) in [6, 6.07) is 0. The first-order valence-electron chi connectivity index (χ1n) is 8.69. The molecule has 0 aliphatic rings. The molecule has 22 heavy (non-hydrogen) atoms. The molecule has 3 nitrogen and oxygen atoms in total. The molecule has 0 heterocycles. The van der Waals surface area contributed by atoms with E-state index >= 15 is 0 Å². The van der Waals surface area contributed by atoms with Crippen LogP contribution in [0.5, 0.6) is 0 Å². The molecule has 0 rings (SSSR count). The molecule has 0 saturated carbocycles. The molecular weight excluding hydrogens is 303 g/mol. The summed E-state index contributed by atoms with van der Waals surface area (Å²) in [5.74, 6) is -0.929. The molecule has 0 amide bonds. The van der Waals surface area contributed by atoms with Crippen molar-refractivity contribution in [2.24, 2.45) is 0 Å². The summed E-state index contributed by atoms with van der Waals surface area (Å²) in [5.41, 5.74) is 0. The van der Waals surface area contributed by atoms with Crippen LogP contribution in [-0.4, -0.2) is 17.2 Å². The van der Waals surface area contributed by atoms with Crippen molar-refractivity contribution in [2.45, 2.75) is 96.5 Å². The zero-order valence-electron chi connectivity index (χ0n) is 14.7. The molecule has 124 valence electrons. The number of unbranched alkanes of at least 4 members (excludes halogenated alkanes) is 8. The van der Waals surface area contributed by atoms with Crippen LogP contribution in [0.3, 0.4) is 0 Å². The van der Waals surface area contributed by atoms with Crippen LogP contribution in [0, 0.1) is 0 Å². The Labute approximate surface area is 179 Å². The van der Waals surface area contributed by atoms with Crippen molar-refractivity contribution in [3.63, 3.8) is 0 Å². The van der Waals surface area contributed by atoms with Gasteiger partial charge < -0.3 is 15.0 Å². The van der Waals surface area contributed by atoms with Crippen molar-refractivity contribution in [3.8, 4) is 0 Å². The number of allylic oxidation sites excluding steroid dienone is 2. The van der Waals surface area contributed by atoms with Gasteiger partial charge in [0.1, 0.15) is 0 Å². The second kappa shape index (κ2) is 19.9. The molecule has 0 fully saturated rings. The van der Waals surface area contributed by atoms with Gasteiger partial charge in [-0.1, -0.05) is 51.2 Å². The minimum Gasteiger partial charge on any atom is -0.550 e. The third kappa shape index (κ3) is 20.8. The Bertz CT molecular complexity index is 267. The number of hydrogen-bond acceptors (Lipinski definition) is 3. The average Bonchev–Trinajstić information content (AvgIpc) is 2.46. The van der Waals surface area contributed by atoms with Gasteiger partial charge in [-0.05, 0) is 51.4 Å². The number of aliphatic carboxylic acids is 1. The third-order valence-electron chi connectivity index (χ3n) is 3.80. The Morgan fingerprint density at radius 3 is 2.00 bits per heavy atom. The fourth-order valence-electron chi connectivity index (χ4n) is 2.32. The summed E-state index contributed by atoms with van der Waals surface area (Å²) in [6.07, 6.45) is 17.6. The van der Waals surface area contributed by atoms with E-state index in [4.69, 9.17) is 0 Å². The van der Waals surface area contributed by atoms with Gasteiger partial charge in [0.05, 0.1) is 6.10 Å². The fraction of sp³-hybridized carbons (Fsp3) is 0.833. The van der Waals surface area contributed by atoms with Gasteiger partial charge >= 0.3 is 51.4 Å². The predicted octanol–water partition coefficient (Wildman–Crippen LogP) is 0.749. The first-order chi connectivity index (χ1) is 10.2. The monoisotopic (exact) mass is 336 g/mol. The standard InChI is InChI=1S/C18H34O3.K/c1-2-17(19)15-13-11-9-7-5-3-4-6-8-10-12-14-16-18(20)21;/h3,5,17,19H,2,4,6-16H2,1H3,(H,20,21);/q;+1/p-1/b5-3-;. The Kier molecular flexibility index (Phi) is 22.6. The molecule has 0 bridgehead atoms. The van der Waals surface area contributed by atoms with Crippen LogP contribution in [0.1, 0.15) is 90.4 Å². The summed E-state index contributed by atoms with van der Waals surface area (Å²) in [6.45, 7) is 2.02. The van der Waals surface area contributed by atoms with Crippen molar-refractivity contribution in [3.05, 3.63) is 12.2 Å². The molecule has 0 aromatic carbocycles. The molecule has 0 saturated heterocycles. The number of rotatable bonds is 15. The Morgan fingerprint density at radius 1 is 0.955 bits per heavy atom. The summed E-state index contributed by atoms with van der Waals surface area (Å²) < 4.78 is 0. The zero-order chi connectivity index (χ0) is 15.8. The van der Waals surface area contributed by atoms with Crippen molar-refractivity contribution in [2.75, 3.05) is 0 Å². The van der Waals surface area contributed by atoms with Gasteiger partial charge in [-0.15, -0.1) is 0 Å². The van der Waals surface area contributed by atoms with Gasteiger partial charge in [0.2, 0.25) is 0 Å². The number of hydrogen-bond donors (Lipinski definition) is 1. The van der Waals surface area contributed by atoms with Crippen molar-refractivity contribution >= 4 is 5.97 Å². The normalized spacial score (nSPS) is 12.3. The molecule has 1 N–H and O–H groups in total. The van der Waals surface area contributed by atoms with E-state index in [-0.39, 0.29) is 63.9 Å². The maximum absolute atomic E-state index is 10.2. The van der Waals surface area contributed by atoms with Crippen molar-refractivity contribution in [1.29, 1.82) is 0 Å². The summed E-state index contributed by atoms with van der Waals surface area (Å²) >= 11 is 0. The van der Waals surface area contributed by atoms with Crippen LogP contribution >= 0.6 is 0 Å². The van der Waals surface area contributed by atoms with Crippen LogP contribution in [0.25, 0.3) is 0 Å². The second-order valence-corrected chi connectivity index (χ2v) is 5.85. The molecule has 0 aromatic heterocycles. The Balaban J connectivity index is 0. The first-order valence-corrected chi connectivity index (χ1v) is 8.69. The number of carboxylic acids is 1. The topological polar surface area (TPSA) is 60.4 Å². The molecule has 0 aromatic rings. The fourth-order valence-corrected chi connectivity index (χ4v) is 2.32. The number of carbonyl (C=O) groups is 1. The minimum atomic E-state index is -0.929. The number of carbonyl (C=O) groups excluding carboxylic acids is 1. The summed E-state index contributed by atoms with van der Waals surface area (Å²) in [7, 11) is 0. The number of aliphatic hydroxyl groups excluding tert-OH is 1. The van der Waals surface area contributed by atoms with Gasteiger partial charge in [0, 0.05) is 5.97 Å². The molecule has 0 radical (unpaired) electrons. The van der Waals surface area contributed by atoms with Gasteiger partial charge in [0.25, 0.3) is 0 Å². The van der Waals surface area contributed by atoms with E-state index < -0.39 is 5.97 Å². The third-order valence-corrected chi connectivity index (χ3v) is 3.80. The van der Waals surface area contributed by atoms with Crippen LogP contribution in [-0.2, 0) is 4.79 Å². The predicted molar refractivity (Wildman–Crippen MR) is 85.8 cm³/mol. The first kappa shape index (κ1) is 25.1. The quantitative estimate of drug-likeness (QED) is 0.273. The number of carboxylic acid groups (broad SMARTS) is 1. The van der Waals surface area contributed by atoms with Crippen LogP contribution in [0.4, 0.5) is 0 Å². The molecular formula is C18H33KO3. The maximum Gasteiger partial charge on any atom is 1.00 e. The van der Waals surface area contributed by atoms with Crippen molar-refractivity contribution in [1.82, 2.24) is 0 Å². The summed E-state index contributed by atoms with van der Waals surface area (Å²) in [5, 5.41) is 19.6. The van der Waals surface area contributed by atoms with E-state index in [2.05, 4.69) is 12.2 Å². The Hall–Kier alpha value is 0.806. The maximum atomic E-state index is 10.2. The van der Waals surface area contributed by atoms with Crippen LogP contribution in [0.2, 0.25) is 0 Å². The van der Waals surface area contributed by atoms with Crippen molar-refractivity contribution < 1.29 is 66.4 Å². The van der Waals surface area contributed by atoms with Crippen LogP contribution < -0.4 is 56.5 Å². The van der Waals surface area contributed by atoms with Crippen LogP contribution in [0.15, 0.2) is 12.2 Å². The van der Waals surface area contributed by atoms with E-state index in [1.807, 2.05) is 6.92 Å². The van der Waals surface area contributed by atoms with E-state index in [1.165, 1.54) is 25.7 Å². The minimum absolute atomic E-state index is 0. The van der Waals surface area contributed by atoms with E-state index in [0.29, 0.717) is 0 Å². The molecule has 0 aliphatic carbocycles. The summed E-state index contributed by atoms with van der Waals surface area (Å²) in [4.78, 5) is 10.2. The van der Waals surface area contributed by atoms with Gasteiger partial charge in [-0.3, -0.25) is 0 Å². The van der Waals surface area contributed by atoms with E-state index in [1.54, 1.807) is 0 Å². The Morgan fingerprint density at radius 2 is 1.45 bits per heavy atom. The van der Waals surface area contributed by atoms with E-state index in [9.17, 15) is 15.0 Å². The second-order valence-electron chi connectivity index (χ2n) is 5.85. The van der Waals surface area contributed by atoms with Gasteiger partial charge in [-0.2, -0.15) is 0 Å². The smallest absolute Gasteiger partial charge is 0.550 e. The SMILES string of the molecule is CCC(O)CCCCC/C=C\CCCCCCCC(=O)[O-].[K+]. The zero-order valence-corrected chi connectivity index (χ0v) is 17.8. The number of aliphatic hydroxyl groups is 1. The van der Waals surface area contributed by atoms with Gasteiger partial charge in [0.15, 0.2) is 0 Å².